The van der Waals surface area contributed by atoms with Gasteiger partial charge in [-0.2, -0.15) is 0 Å². The Bertz CT molecular complexity index is 1020. The number of fused-ring (bicyclic) bond motifs is 1. The maximum atomic E-state index is 12.0. The van der Waals surface area contributed by atoms with E-state index in [2.05, 4.69) is 11.1 Å². The van der Waals surface area contributed by atoms with E-state index in [0.29, 0.717) is 13.0 Å². The molecular formula is C22H23N3O2. The zero-order chi connectivity index (χ0) is 19.0. The van der Waals surface area contributed by atoms with Gasteiger partial charge in [0.1, 0.15) is 5.75 Å². The zero-order valence-corrected chi connectivity index (χ0v) is 15.4. The molecule has 0 bridgehead atoms. The van der Waals surface area contributed by atoms with Gasteiger partial charge in [-0.1, -0.05) is 18.2 Å². The Morgan fingerprint density at radius 3 is 2.63 bits per heavy atom. The molecule has 3 aromatic rings. The van der Waals surface area contributed by atoms with Gasteiger partial charge in [-0.25, -0.2) is 0 Å². The maximum Gasteiger partial charge on any atom is 0.227 e. The predicted octanol–water partition coefficient (Wildman–Crippen LogP) is 4.21. The van der Waals surface area contributed by atoms with Gasteiger partial charge in [-0.3, -0.25) is 4.79 Å². The van der Waals surface area contributed by atoms with E-state index in [1.54, 1.807) is 7.11 Å². The van der Waals surface area contributed by atoms with Gasteiger partial charge in [0.05, 0.1) is 24.0 Å². The molecule has 4 rings (SSSR count). The van der Waals surface area contributed by atoms with Crippen LogP contribution in [0.1, 0.15) is 12.8 Å². The summed E-state index contributed by atoms with van der Waals surface area (Å²) in [5.74, 6) is 0.981. The second-order valence-electron chi connectivity index (χ2n) is 6.74. The van der Waals surface area contributed by atoms with Crippen molar-refractivity contribution in [1.29, 1.82) is 0 Å². The molecular weight excluding hydrogens is 338 g/mol. The lowest BCUT2D eigenvalue weighted by Crippen LogP contribution is -2.23. The summed E-state index contributed by atoms with van der Waals surface area (Å²) in [4.78, 5) is 13.8. The van der Waals surface area contributed by atoms with Crippen molar-refractivity contribution in [3.8, 4) is 17.0 Å². The number of amides is 1. The number of hydrogen-bond donors (Lipinski definition) is 1. The molecule has 5 nitrogen and oxygen atoms in total. The standard InChI is InChI=1S/C22H23N3O2/c1-3-12-25-19-14-17(27-2)10-11-18(19)21(23)22(25)15-6-8-16(9-7-15)24-13-4-5-20(24)26/h3,6-11,14H,1,4-5,12-13,23H2,2H3. The van der Waals surface area contributed by atoms with Crippen LogP contribution in [0.15, 0.2) is 55.1 Å². The highest BCUT2D eigenvalue weighted by molar-refractivity contribution is 6.02. The topological polar surface area (TPSA) is 60.5 Å². The average Bonchev–Trinajstić information content (AvgIpc) is 3.24. The fourth-order valence-electron chi connectivity index (χ4n) is 3.83. The van der Waals surface area contributed by atoms with Crippen LogP contribution in [-0.4, -0.2) is 24.1 Å². The Hall–Kier alpha value is -3.21. The van der Waals surface area contributed by atoms with Gasteiger partial charge in [-0.15, -0.1) is 6.58 Å². The summed E-state index contributed by atoms with van der Waals surface area (Å²) in [6.07, 6.45) is 3.41. The van der Waals surface area contributed by atoms with Gasteiger partial charge in [0.25, 0.3) is 0 Å². The number of rotatable bonds is 5. The first kappa shape index (κ1) is 17.2. The van der Waals surface area contributed by atoms with Crippen molar-refractivity contribution in [2.75, 3.05) is 24.3 Å². The summed E-state index contributed by atoms with van der Waals surface area (Å²) in [6, 6.07) is 14.0. The summed E-state index contributed by atoms with van der Waals surface area (Å²) in [5, 5.41) is 0.992. The maximum absolute atomic E-state index is 12.0. The SMILES string of the molecule is C=CCn1c(-c2ccc(N3CCCC3=O)cc2)c(N)c2ccc(OC)cc21. The number of anilines is 2. The molecule has 5 heteroatoms. The van der Waals surface area contributed by atoms with Gasteiger partial charge in [0.2, 0.25) is 5.91 Å². The van der Waals surface area contributed by atoms with Crippen molar-refractivity contribution in [3.63, 3.8) is 0 Å². The number of allylic oxidation sites excluding steroid dienone is 1. The average molecular weight is 361 g/mol. The van der Waals surface area contributed by atoms with Crippen molar-refractivity contribution in [2.45, 2.75) is 19.4 Å². The second-order valence-corrected chi connectivity index (χ2v) is 6.74. The Kier molecular flexibility index (Phi) is 4.36. The molecule has 0 radical (unpaired) electrons. The van der Waals surface area contributed by atoms with Crippen molar-refractivity contribution >= 4 is 28.2 Å². The third-order valence-corrected chi connectivity index (χ3v) is 5.15. The number of benzene rings is 2. The number of nitrogen functional groups attached to an aromatic ring is 1. The molecule has 1 aromatic heterocycles. The van der Waals surface area contributed by atoms with E-state index in [9.17, 15) is 4.79 Å². The normalized spacial score (nSPS) is 14.1. The van der Waals surface area contributed by atoms with Crippen LogP contribution in [0.4, 0.5) is 11.4 Å². The molecule has 0 unspecified atom stereocenters. The van der Waals surface area contributed by atoms with E-state index < -0.39 is 0 Å². The van der Waals surface area contributed by atoms with Crippen molar-refractivity contribution in [2.24, 2.45) is 0 Å². The Balaban J connectivity index is 1.82. The molecule has 2 N–H and O–H groups in total. The zero-order valence-electron chi connectivity index (χ0n) is 15.4. The van der Waals surface area contributed by atoms with E-state index in [-0.39, 0.29) is 5.91 Å². The number of hydrogen-bond acceptors (Lipinski definition) is 3. The Morgan fingerprint density at radius 2 is 2.00 bits per heavy atom. The number of carbonyl (C=O) groups excluding carboxylic acids is 1. The lowest BCUT2D eigenvalue weighted by molar-refractivity contribution is -0.117. The third-order valence-electron chi connectivity index (χ3n) is 5.15. The Morgan fingerprint density at radius 1 is 1.22 bits per heavy atom. The first-order valence-electron chi connectivity index (χ1n) is 9.11. The monoisotopic (exact) mass is 361 g/mol. The van der Waals surface area contributed by atoms with Gasteiger partial charge in [0.15, 0.2) is 0 Å². The molecule has 138 valence electrons. The third kappa shape index (κ3) is 2.85. The smallest absolute Gasteiger partial charge is 0.227 e. The number of aromatic nitrogens is 1. The van der Waals surface area contributed by atoms with E-state index in [1.165, 1.54) is 0 Å². The van der Waals surface area contributed by atoms with E-state index >= 15 is 0 Å². The van der Waals surface area contributed by atoms with Gasteiger partial charge < -0.3 is 19.9 Å². The molecule has 0 aliphatic carbocycles. The van der Waals surface area contributed by atoms with Crippen molar-refractivity contribution < 1.29 is 9.53 Å². The van der Waals surface area contributed by atoms with Crippen LogP contribution >= 0.6 is 0 Å². The predicted molar refractivity (Wildman–Crippen MR) is 110 cm³/mol. The first-order chi connectivity index (χ1) is 13.1. The van der Waals surface area contributed by atoms with Crippen molar-refractivity contribution in [3.05, 3.63) is 55.1 Å². The Labute approximate surface area is 158 Å². The van der Waals surface area contributed by atoms with E-state index in [4.69, 9.17) is 10.5 Å². The van der Waals surface area contributed by atoms with Gasteiger partial charge >= 0.3 is 0 Å². The summed E-state index contributed by atoms with van der Waals surface area (Å²) in [7, 11) is 1.66. The summed E-state index contributed by atoms with van der Waals surface area (Å²) in [5.41, 5.74) is 11.2. The van der Waals surface area contributed by atoms with Crippen LogP contribution < -0.4 is 15.4 Å². The number of methoxy groups -OCH3 is 1. The molecule has 0 atom stereocenters. The summed E-state index contributed by atoms with van der Waals surface area (Å²) < 4.78 is 7.52. The quantitative estimate of drug-likeness (QED) is 0.693. The van der Waals surface area contributed by atoms with Crippen LogP contribution in [0.3, 0.4) is 0 Å². The van der Waals surface area contributed by atoms with Crippen LogP contribution in [0.25, 0.3) is 22.2 Å². The minimum Gasteiger partial charge on any atom is -0.497 e. The van der Waals surface area contributed by atoms with Gasteiger partial charge in [-0.05, 0) is 30.7 Å². The van der Waals surface area contributed by atoms with E-state index in [0.717, 1.165) is 52.3 Å². The first-order valence-corrected chi connectivity index (χ1v) is 9.11. The molecule has 27 heavy (non-hydrogen) atoms. The van der Waals surface area contributed by atoms with Crippen molar-refractivity contribution in [1.82, 2.24) is 4.57 Å². The van der Waals surface area contributed by atoms with Crippen LogP contribution in [0.5, 0.6) is 5.75 Å². The lowest BCUT2D eigenvalue weighted by atomic mass is 10.1. The molecule has 2 aromatic carbocycles. The summed E-state index contributed by atoms with van der Waals surface area (Å²) >= 11 is 0. The molecule has 1 aliphatic rings. The molecule has 1 aliphatic heterocycles. The number of nitrogens with zero attached hydrogens (tertiary/aromatic N) is 2. The van der Waals surface area contributed by atoms with Crippen LogP contribution in [0.2, 0.25) is 0 Å². The van der Waals surface area contributed by atoms with Gasteiger partial charge in [0, 0.05) is 42.2 Å². The second kappa shape index (κ2) is 6.83. The molecule has 1 fully saturated rings. The van der Waals surface area contributed by atoms with Crippen LogP contribution in [-0.2, 0) is 11.3 Å². The van der Waals surface area contributed by atoms with Crippen LogP contribution in [0, 0.1) is 0 Å². The minimum absolute atomic E-state index is 0.190. The molecule has 2 heterocycles. The fourth-order valence-corrected chi connectivity index (χ4v) is 3.83. The molecule has 0 saturated carbocycles. The lowest BCUT2D eigenvalue weighted by Gasteiger charge is -2.16. The molecule has 1 amide bonds. The molecule has 0 spiro atoms. The molecule has 1 saturated heterocycles. The number of nitrogens with two attached hydrogens (primary N) is 1. The minimum atomic E-state index is 0.190. The number of carbonyl (C=O) groups is 1. The highest BCUT2D eigenvalue weighted by Crippen LogP contribution is 2.38. The fraction of sp³-hybridized carbons (Fsp3) is 0.227. The number of ether oxygens (including phenoxy) is 1. The highest BCUT2D eigenvalue weighted by atomic mass is 16.5. The summed E-state index contributed by atoms with van der Waals surface area (Å²) in [6.45, 7) is 5.32. The van der Waals surface area contributed by atoms with E-state index in [1.807, 2.05) is 53.4 Å². The largest absolute Gasteiger partial charge is 0.497 e. The highest BCUT2D eigenvalue weighted by Gasteiger charge is 2.22.